The Hall–Kier alpha value is -1.22. The van der Waals surface area contributed by atoms with E-state index in [-0.39, 0.29) is 11.0 Å². The van der Waals surface area contributed by atoms with Gasteiger partial charge in [0, 0.05) is 17.2 Å². The van der Waals surface area contributed by atoms with Crippen LogP contribution in [0.15, 0.2) is 18.2 Å². The number of hydrogen-bond acceptors (Lipinski definition) is 3. The molecular formula is C16H23NO2. The van der Waals surface area contributed by atoms with Crippen molar-refractivity contribution >= 4 is 0 Å². The first-order chi connectivity index (χ1) is 9.11. The predicted octanol–water partition coefficient (Wildman–Crippen LogP) is 3.01. The van der Waals surface area contributed by atoms with Crippen LogP contribution in [0.3, 0.4) is 0 Å². The molecule has 3 aliphatic rings. The lowest BCUT2D eigenvalue weighted by Crippen LogP contribution is -2.53. The average Bonchev–Trinajstić information content (AvgIpc) is 2.48. The van der Waals surface area contributed by atoms with Gasteiger partial charge in [-0.25, -0.2) is 0 Å². The van der Waals surface area contributed by atoms with E-state index in [1.165, 1.54) is 24.8 Å². The van der Waals surface area contributed by atoms with E-state index < -0.39 is 0 Å². The van der Waals surface area contributed by atoms with Crippen molar-refractivity contribution in [3.05, 3.63) is 23.8 Å². The van der Waals surface area contributed by atoms with E-state index in [4.69, 9.17) is 15.2 Å². The van der Waals surface area contributed by atoms with Crippen molar-refractivity contribution in [2.75, 3.05) is 14.2 Å². The predicted molar refractivity (Wildman–Crippen MR) is 75.8 cm³/mol. The summed E-state index contributed by atoms with van der Waals surface area (Å²) in [6, 6.07) is 6.24. The van der Waals surface area contributed by atoms with E-state index in [0.29, 0.717) is 0 Å². The van der Waals surface area contributed by atoms with Gasteiger partial charge in [-0.3, -0.25) is 0 Å². The number of methoxy groups -OCH3 is 2. The summed E-state index contributed by atoms with van der Waals surface area (Å²) in [6.07, 6.45) is 6.98. The standard InChI is InChI=1S/C16H23NO2/c1-18-12-3-4-13(14(11-12)19-2)15-5-8-16(17,9-6-15)10-7-15/h3-4,11H,5-10,17H2,1-2H3. The molecular weight excluding hydrogens is 238 g/mol. The molecule has 0 aliphatic heterocycles. The Morgan fingerprint density at radius 2 is 1.58 bits per heavy atom. The van der Waals surface area contributed by atoms with Gasteiger partial charge in [-0.05, 0) is 50.0 Å². The zero-order chi connectivity index (χ0) is 13.5. The Morgan fingerprint density at radius 1 is 0.947 bits per heavy atom. The third-order valence-corrected chi connectivity index (χ3v) is 5.28. The molecule has 2 N–H and O–H groups in total. The number of hydrogen-bond donors (Lipinski definition) is 1. The first-order valence-corrected chi connectivity index (χ1v) is 7.12. The van der Waals surface area contributed by atoms with Crippen molar-refractivity contribution < 1.29 is 9.47 Å². The molecule has 4 rings (SSSR count). The minimum Gasteiger partial charge on any atom is -0.497 e. The van der Waals surface area contributed by atoms with Gasteiger partial charge in [-0.1, -0.05) is 6.07 Å². The van der Waals surface area contributed by atoms with E-state index in [9.17, 15) is 0 Å². The molecule has 2 bridgehead atoms. The maximum absolute atomic E-state index is 6.40. The molecule has 0 spiro atoms. The third kappa shape index (κ3) is 2.00. The fraction of sp³-hybridized carbons (Fsp3) is 0.625. The summed E-state index contributed by atoms with van der Waals surface area (Å²) >= 11 is 0. The van der Waals surface area contributed by atoms with Gasteiger partial charge in [0.1, 0.15) is 11.5 Å². The molecule has 3 aliphatic carbocycles. The van der Waals surface area contributed by atoms with Gasteiger partial charge in [-0.15, -0.1) is 0 Å². The maximum Gasteiger partial charge on any atom is 0.126 e. The number of benzene rings is 1. The van der Waals surface area contributed by atoms with Gasteiger partial charge in [-0.2, -0.15) is 0 Å². The minimum atomic E-state index is 0.113. The van der Waals surface area contributed by atoms with E-state index in [2.05, 4.69) is 6.07 Å². The van der Waals surface area contributed by atoms with E-state index in [1.54, 1.807) is 14.2 Å². The van der Waals surface area contributed by atoms with Crippen molar-refractivity contribution in [1.29, 1.82) is 0 Å². The summed E-state index contributed by atoms with van der Waals surface area (Å²) in [4.78, 5) is 0. The lowest BCUT2D eigenvalue weighted by Gasteiger charge is -2.52. The zero-order valence-electron chi connectivity index (χ0n) is 11.9. The molecule has 0 radical (unpaired) electrons. The third-order valence-electron chi connectivity index (χ3n) is 5.28. The van der Waals surface area contributed by atoms with E-state index in [1.807, 2.05) is 12.1 Å². The Kier molecular flexibility index (Phi) is 2.97. The summed E-state index contributed by atoms with van der Waals surface area (Å²) in [5.41, 5.74) is 8.13. The van der Waals surface area contributed by atoms with Gasteiger partial charge < -0.3 is 15.2 Å². The van der Waals surface area contributed by atoms with Gasteiger partial charge >= 0.3 is 0 Å². The fourth-order valence-corrected chi connectivity index (χ4v) is 3.86. The normalized spacial score (nSPS) is 33.2. The molecule has 3 fully saturated rings. The summed E-state index contributed by atoms with van der Waals surface area (Å²) in [5, 5.41) is 0. The molecule has 19 heavy (non-hydrogen) atoms. The summed E-state index contributed by atoms with van der Waals surface area (Å²) in [6.45, 7) is 0. The Morgan fingerprint density at radius 3 is 2.11 bits per heavy atom. The maximum atomic E-state index is 6.40. The molecule has 0 atom stereocenters. The number of rotatable bonds is 3. The van der Waals surface area contributed by atoms with Crippen molar-refractivity contribution in [3.63, 3.8) is 0 Å². The average molecular weight is 261 g/mol. The molecule has 1 aromatic carbocycles. The van der Waals surface area contributed by atoms with Gasteiger partial charge in [0.2, 0.25) is 0 Å². The van der Waals surface area contributed by atoms with Crippen LogP contribution in [0.4, 0.5) is 0 Å². The fourth-order valence-electron chi connectivity index (χ4n) is 3.86. The van der Waals surface area contributed by atoms with Crippen LogP contribution in [0, 0.1) is 0 Å². The largest absolute Gasteiger partial charge is 0.497 e. The van der Waals surface area contributed by atoms with Crippen LogP contribution in [0.2, 0.25) is 0 Å². The summed E-state index contributed by atoms with van der Waals surface area (Å²) < 4.78 is 10.9. The lowest BCUT2D eigenvalue weighted by atomic mass is 9.55. The molecule has 3 nitrogen and oxygen atoms in total. The van der Waals surface area contributed by atoms with Crippen LogP contribution >= 0.6 is 0 Å². The quantitative estimate of drug-likeness (QED) is 0.909. The zero-order valence-corrected chi connectivity index (χ0v) is 11.9. The van der Waals surface area contributed by atoms with Crippen LogP contribution in [0.25, 0.3) is 0 Å². The Balaban J connectivity index is 1.98. The van der Waals surface area contributed by atoms with Crippen LogP contribution in [-0.2, 0) is 5.41 Å². The van der Waals surface area contributed by atoms with Crippen LogP contribution in [0.1, 0.15) is 44.1 Å². The number of ether oxygens (including phenoxy) is 2. The summed E-state index contributed by atoms with van der Waals surface area (Å²) in [5.74, 6) is 1.82. The monoisotopic (exact) mass is 261 g/mol. The SMILES string of the molecule is COc1ccc(C23CCC(N)(CC2)CC3)c(OC)c1. The van der Waals surface area contributed by atoms with Crippen molar-refractivity contribution in [1.82, 2.24) is 0 Å². The molecule has 0 unspecified atom stereocenters. The molecule has 0 amide bonds. The molecule has 3 heteroatoms. The van der Waals surface area contributed by atoms with E-state index in [0.717, 1.165) is 30.8 Å². The molecule has 0 heterocycles. The van der Waals surface area contributed by atoms with Crippen LogP contribution in [-0.4, -0.2) is 19.8 Å². The first kappa shape index (κ1) is 12.8. The summed E-state index contributed by atoms with van der Waals surface area (Å²) in [7, 11) is 3.44. The Labute approximate surface area is 115 Å². The smallest absolute Gasteiger partial charge is 0.126 e. The van der Waals surface area contributed by atoms with Gasteiger partial charge in [0.15, 0.2) is 0 Å². The molecule has 0 saturated heterocycles. The minimum absolute atomic E-state index is 0.113. The highest BCUT2D eigenvalue weighted by Crippen LogP contribution is 2.54. The van der Waals surface area contributed by atoms with Crippen LogP contribution < -0.4 is 15.2 Å². The highest BCUT2D eigenvalue weighted by Gasteiger charge is 2.48. The second-order valence-corrected chi connectivity index (χ2v) is 6.21. The Bertz CT molecular complexity index is 459. The topological polar surface area (TPSA) is 44.5 Å². The van der Waals surface area contributed by atoms with Gasteiger partial charge in [0.25, 0.3) is 0 Å². The van der Waals surface area contributed by atoms with Crippen molar-refractivity contribution in [3.8, 4) is 11.5 Å². The van der Waals surface area contributed by atoms with Crippen LogP contribution in [0.5, 0.6) is 11.5 Å². The van der Waals surface area contributed by atoms with Crippen molar-refractivity contribution in [2.24, 2.45) is 5.73 Å². The van der Waals surface area contributed by atoms with Gasteiger partial charge in [0.05, 0.1) is 14.2 Å². The molecule has 1 aromatic rings. The highest BCUT2D eigenvalue weighted by atomic mass is 16.5. The number of nitrogens with two attached hydrogens (primary N) is 1. The first-order valence-electron chi connectivity index (χ1n) is 7.12. The number of fused-ring (bicyclic) bond motifs is 3. The van der Waals surface area contributed by atoms with Crippen molar-refractivity contribution in [2.45, 2.75) is 49.5 Å². The molecule has 3 saturated carbocycles. The molecule has 104 valence electrons. The second-order valence-electron chi connectivity index (χ2n) is 6.21. The lowest BCUT2D eigenvalue weighted by molar-refractivity contribution is 0.105. The molecule has 0 aromatic heterocycles. The highest BCUT2D eigenvalue weighted by molar-refractivity contribution is 5.46. The van der Waals surface area contributed by atoms with E-state index >= 15 is 0 Å². The second kappa shape index (κ2) is 4.41.